The molecular formula is C12H21N3O. The van der Waals surface area contributed by atoms with Gasteiger partial charge >= 0.3 is 0 Å². The molecule has 1 saturated heterocycles. The summed E-state index contributed by atoms with van der Waals surface area (Å²) in [4.78, 5) is 4.33. The van der Waals surface area contributed by atoms with Crippen LogP contribution in [0.4, 0.5) is 0 Å². The molecule has 2 rings (SSSR count). The topological polar surface area (TPSA) is 53.1 Å². The third kappa shape index (κ3) is 2.62. The van der Waals surface area contributed by atoms with E-state index in [-0.39, 0.29) is 6.04 Å². The van der Waals surface area contributed by atoms with Crippen molar-refractivity contribution in [1.29, 1.82) is 0 Å². The fourth-order valence-electron chi connectivity index (χ4n) is 2.28. The molecule has 2 heterocycles. The molecule has 0 bridgehead atoms. The number of nitrogens with zero attached hydrogens (tertiary/aromatic N) is 2. The van der Waals surface area contributed by atoms with E-state index < -0.39 is 0 Å². The van der Waals surface area contributed by atoms with Gasteiger partial charge in [-0.1, -0.05) is 0 Å². The molecule has 2 N–H and O–H groups in total. The number of rotatable bonds is 5. The summed E-state index contributed by atoms with van der Waals surface area (Å²) < 4.78 is 7.71. The first-order valence-corrected chi connectivity index (χ1v) is 6.19. The molecule has 1 aromatic rings. The fourth-order valence-corrected chi connectivity index (χ4v) is 2.28. The molecule has 90 valence electrons. The van der Waals surface area contributed by atoms with Crippen molar-refractivity contribution in [1.82, 2.24) is 9.55 Å². The van der Waals surface area contributed by atoms with Gasteiger partial charge in [-0.15, -0.1) is 0 Å². The first kappa shape index (κ1) is 11.6. The van der Waals surface area contributed by atoms with E-state index in [1.165, 1.54) is 12.8 Å². The van der Waals surface area contributed by atoms with Crippen LogP contribution in [0.2, 0.25) is 0 Å². The van der Waals surface area contributed by atoms with Crippen LogP contribution in [0.25, 0.3) is 0 Å². The molecule has 1 aromatic heterocycles. The lowest BCUT2D eigenvalue weighted by atomic mass is 10.1. The van der Waals surface area contributed by atoms with Gasteiger partial charge in [-0.2, -0.15) is 0 Å². The van der Waals surface area contributed by atoms with Gasteiger partial charge in [0, 0.05) is 25.5 Å². The summed E-state index contributed by atoms with van der Waals surface area (Å²) in [5.41, 5.74) is 6.16. The molecular weight excluding hydrogens is 202 g/mol. The van der Waals surface area contributed by atoms with Crippen LogP contribution in [0.3, 0.4) is 0 Å². The Kier molecular flexibility index (Phi) is 3.96. The van der Waals surface area contributed by atoms with Gasteiger partial charge in [-0.05, 0) is 32.6 Å². The molecule has 0 aliphatic carbocycles. The highest BCUT2D eigenvalue weighted by atomic mass is 16.5. The maximum absolute atomic E-state index is 6.16. The van der Waals surface area contributed by atoms with E-state index in [1.54, 1.807) is 0 Å². The molecule has 0 spiro atoms. The van der Waals surface area contributed by atoms with E-state index in [9.17, 15) is 0 Å². The Bertz CT molecular complexity index is 318. The van der Waals surface area contributed by atoms with Gasteiger partial charge in [0.15, 0.2) is 0 Å². The molecule has 4 heteroatoms. The van der Waals surface area contributed by atoms with Gasteiger partial charge in [0.25, 0.3) is 0 Å². The van der Waals surface area contributed by atoms with Crippen LogP contribution in [-0.2, 0) is 11.3 Å². The smallest absolute Gasteiger partial charge is 0.125 e. The maximum atomic E-state index is 6.16. The number of aromatic nitrogens is 2. The molecule has 1 aliphatic heterocycles. The first-order valence-electron chi connectivity index (χ1n) is 6.19. The Morgan fingerprint density at radius 1 is 1.69 bits per heavy atom. The maximum Gasteiger partial charge on any atom is 0.125 e. The highest BCUT2D eigenvalue weighted by molar-refractivity contribution is 4.98. The standard InChI is InChI=1S/C12H21N3O/c1-2-15-8-7-14-12(15)11(13)6-5-10-4-3-9-16-10/h7-8,10-11H,2-6,9,13H2,1H3. The van der Waals surface area contributed by atoms with Crippen molar-refractivity contribution in [3.63, 3.8) is 0 Å². The van der Waals surface area contributed by atoms with E-state index in [2.05, 4.69) is 16.5 Å². The number of aryl methyl sites for hydroxylation is 1. The second-order valence-corrected chi connectivity index (χ2v) is 4.39. The molecule has 0 amide bonds. The van der Waals surface area contributed by atoms with E-state index in [0.717, 1.165) is 31.8 Å². The van der Waals surface area contributed by atoms with Crippen LogP contribution in [0.1, 0.15) is 44.5 Å². The lowest BCUT2D eigenvalue weighted by Gasteiger charge is -2.15. The van der Waals surface area contributed by atoms with Gasteiger partial charge in [-0.3, -0.25) is 0 Å². The largest absolute Gasteiger partial charge is 0.378 e. The zero-order valence-electron chi connectivity index (χ0n) is 9.93. The SMILES string of the molecule is CCn1ccnc1C(N)CCC1CCCO1. The Labute approximate surface area is 96.8 Å². The zero-order chi connectivity index (χ0) is 11.4. The van der Waals surface area contributed by atoms with Crippen LogP contribution < -0.4 is 5.73 Å². The number of ether oxygens (including phenoxy) is 1. The summed E-state index contributed by atoms with van der Waals surface area (Å²) in [6.45, 7) is 3.96. The molecule has 0 saturated carbocycles. The van der Waals surface area contributed by atoms with Crippen LogP contribution in [0, 0.1) is 0 Å². The van der Waals surface area contributed by atoms with E-state index >= 15 is 0 Å². The lowest BCUT2D eigenvalue weighted by Crippen LogP contribution is -2.18. The minimum atomic E-state index is 0.0409. The van der Waals surface area contributed by atoms with Gasteiger partial charge in [0.05, 0.1) is 12.1 Å². The Morgan fingerprint density at radius 2 is 2.56 bits per heavy atom. The van der Waals surface area contributed by atoms with E-state index in [0.29, 0.717) is 6.10 Å². The number of hydrogen-bond acceptors (Lipinski definition) is 3. The van der Waals surface area contributed by atoms with Gasteiger partial charge in [-0.25, -0.2) is 4.98 Å². The molecule has 1 fully saturated rings. The summed E-state index contributed by atoms with van der Waals surface area (Å²) in [5.74, 6) is 1.00. The van der Waals surface area contributed by atoms with Crippen molar-refractivity contribution in [2.24, 2.45) is 5.73 Å². The van der Waals surface area contributed by atoms with Crippen molar-refractivity contribution in [3.8, 4) is 0 Å². The van der Waals surface area contributed by atoms with Crippen LogP contribution in [0.15, 0.2) is 12.4 Å². The summed E-state index contributed by atoms with van der Waals surface area (Å²) >= 11 is 0. The summed E-state index contributed by atoms with van der Waals surface area (Å²) in [7, 11) is 0. The van der Waals surface area contributed by atoms with Crippen LogP contribution in [0.5, 0.6) is 0 Å². The highest BCUT2D eigenvalue weighted by Gasteiger charge is 2.18. The molecule has 2 unspecified atom stereocenters. The zero-order valence-corrected chi connectivity index (χ0v) is 9.93. The highest BCUT2D eigenvalue weighted by Crippen LogP contribution is 2.21. The quantitative estimate of drug-likeness (QED) is 0.829. The Balaban J connectivity index is 1.84. The Hall–Kier alpha value is -0.870. The van der Waals surface area contributed by atoms with Crippen molar-refractivity contribution >= 4 is 0 Å². The molecule has 0 aromatic carbocycles. The third-order valence-corrected chi connectivity index (χ3v) is 3.24. The molecule has 16 heavy (non-hydrogen) atoms. The predicted octanol–water partition coefficient (Wildman–Crippen LogP) is 1.86. The normalized spacial score (nSPS) is 22.5. The number of imidazole rings is 1. The van der Waals surface area contributed by atoms with Gasteiger partial charge in [0.1, 0.15) is 5.82 Å². The molecule has 1 aliphatic rings. The van der Waals surface area contributed by atoms with Crippen molar-refractivity contribution < 1.29 is 4.74 Å². The molecule has 4 nitrogen and oxygen atoms in total. The minimum absolute atomic E-state index is 0.0409. The summed E-state index contributed by atoms with van der Waals surface area (Å²) in [5, 5.41) is 0. The van der Waals surface area contributed by atoms with Gasteiger partial charge < -0.3 is 15.0 Å². The third-order valence-electron chi connectivity index (χ3n) is 3.24. The van der Waals surface area contributed by atoms with Crippen molar-refractivity contribution in [2.75, 3.05) is 6.61 Å². The van der Waals surface area contributed by atoms with E-state index in [4.69, 9.17) is 10.5 Å². The lowest BCUT2D eigenvalue weighted by molar-refractivity contribution is 0.100. The molecule has 0 radical (unpaired) electrons. The van der Waals surface area contributed by atoms with Crippen LogP contribution in [-0.4, -0.2) is 22.3 Å². The average molecular weight is 223 g/mol. The Morgan fingerprint density at radius 3 is 3.25 bits per heavy atom. The average Bonchev–Trinajstić information content (AvgIpc) is 2.96. The summed E-state index contributed by atoms with van der Waals surface area (Å²) in [6, 6.07) is 0.0409. The van der Waals surface area contributed by atoms with Crippen LogP contribution >= 0.6 is 0 Å². The minimum Gasteiger partial charge on any atom is -0.378 e. The summed E-state index contributed by atoms with van der Waals surface area (Å²) in [6.07, 6.45) is 8.64. The van der Waals surface area contributed by atoms with Crippen molar-refractivity contribution in [3.05, 3.63) is 18.2 Å². The second-order valence-electron chi connectivity index (χ2n) is 4.39. The first-order chi connectivity index (χ1) is 7.81. The molecule has 2 atom stereocenters. The number of nitrogens with two attached hydrogens (primary N) is 1. The van der Waals surface area contributed by atoms with Crippen molar-refractivity contribution in [2.45, 2.75) is 51.3 Å². The van der Waals surface area contributed by atoms with E-state index in [1.807, 2.05) is 12.4 Å². The monoisotopic (exact) mass is 223 g/mol. The second kappa shape index (κ2) is 5.46. The number of hydrogen-bond donors (Lipinski definition) is 1. The fraction of sp³-hybridized carbons (Fsp3) is 0.750. The van der Waals surface area contributed by atoms with Gasteiger partial charge in [0.2, 0.25) is 0 Å². The predicted molar refractivity (Wildman–Crippen MR) is 63.0 cm³/mol.